The quantitative estimate of drug-likeness (QED) is 0.876. The van der Waals surface area contributed by atoms with E-state index in [4.69, 9.17) is 9.47 Å². The van der Waals surface area contributed by atoms with Gasteiger partial charge in [0.1, 0.15) is 11.9 Å². The highest BCUT2D eigenvalue weighted by atomic mass is 16.5. The first-order valence-electron chi connectivity index (χ1n) is 6.07. The summed E-state index contributed by atoms with van der Waals surface area (Å²) in [5.74, 6) is 1.11. The van der Waals surface area contributed by atoms with Gasteiger partial charge in [-0.2, -0.15) is 0 Å². The molecule has 0 aromatic heterocycles. The summed E-state index contributed by atoms with van der Waals surface area (Å²) >= 11 is 0. The predicted octanol–water partition coefficient (Wildman–Crippen LogP) is 2.46. The van der Waals surface area contributed by atoms with Crippen LogP contribution in [0.2, 0.25) is 0 Å². The Labute approximate surface area is 102 Å². The average molecular weight is 236 g/mol. The number of benzene rings is 1. The molecule has 0 spiro atoms. The van der Waals surface area contributed by atoms with Crippen molar-refractivity contribution in [2.24, 2.45) is 5.92 Å². The van der Waals surface area contributed by atoms with E-state index in [1.54, 1.807) is 7.11 Å². The molecule has 1 aliphatic heterocycles. The maximum atomic E-state index is 10.4. The minimum Gasteiger partial charge on any atom is -0.496 e. The van der Waals surface area contributed by atoms with Gasteiger partial charge in [-0.1, -0.05) is 18.6 Å². The van der Waals surface area contributed by atoms with Crippen molar-refractivity contribution in [1.29, 1.82) is 0 Å². The summed E-state index contributed by atoms with van der Waals surface area (Å²) in [6.45, 7) is 4.86. The van der Waals surface area contributed by atoms with E-state index in [1.165, 1.54) is 0 Å². The van der Waals surface area contributed by atoms with Crippen molar-refractivity contribution < 1.29 is 14.6 Å². The Morgan fingerprint density at radius 1 is 1.47 bits per heavy atom. The van der Waals surface area contributed by atoms with Gasteiger partial charge >= 0.3 is 0 Å². The Morgan fingerprint density at radius 3 is 2.82 bits per heavy atom. The van der Waals surface area contributed by atoms with Gasteiger partial charge in [0.2, 0.25) is 0 Å². The normalized spacial score (nSPS) is 25.9. The van der Waals surface area contributed by atoms with Crippen LogP contribution in [0, 0.1) is 12.8 Å². The monoisotopic (exact) mass is 236 g/mol. The fourth-order valence-electron chi connectivity index (χ4n) is 2.38. The molecule has 1 heterocycles. The lowest BCUT2D eigenvalue weighted by atomic mass is 9.93. The summed E-state index contributed by atoms with van der Waals surface area (Å²) < 4.78 is 10.9. The van der Waals surface area contributed by atoms with Gasteiger partial charge < -0.3 is 14.6 Å². The van der Waals surface area contributed by atoms with E-state index < -0.39 is 6.10 Å². The van der Waals surface area contributed by atoms with Gasteiger partial charge in [0.15, 0.2) is 0 Å². The van der Waals surface area contributed by atoms with E-state index in [2.05, 4.69) is 6.92 Å². The second-order valence-corrected chi connectivity index (χ2v) is 4.79. The Balaban J connectivity index is 2.28. The maximum Gasteiger partial charge on any atom is 0.124 e. The third kappa shape index (κ3) is 2.45. The summed E-state index contributed by atoms with van der Waals surface area (Å²) in [7, 11) is 1.62. The molecule has 3 unspecified atom stereocenters. The second kappa shape index (κ2) is 5.07. The van der Waals surface area contributed by atoms with Crippen LogP contribution in [0.5, 0.6) is 5.75 Å². The van der Waals surface area contributed by atoms with Gasteiger partial charge in [-0.15, -0.1) is 0 Å². The summed E-state index contributed by atoms with van der Waals surface area (Å²) in [6, 6.07) is 5.85. The van der Waals surface area contributed by atoms with Crippen molar-refractivity contribution >= 4 is 0 Å². The van der Waals surface area contributed by atoms with Crippen LogP contribution in [0.1, 0.15) is 30.6 Å². The highest BCUT2D eigenvalue weighted by Gasteiger charge is 2.33. The SMILES string of the molecule is COc1ccc(C)cc1C(O)C1OCCC1C. The molecular formula is C14H20O3. The molecule has 3 atom stereocenters. The van der Waals surface area contributed by atoms with Crippen LogP contribution in [-0.4, -0.2) is 24.9 Å². The average Bonchev–Trinajstić information content (AvgIpc) is 2.74. The number of hydrogen-bond acceptors (Lipinski definition) is 3. The van der Waals surface area contributed by atoms with Crippen LogP contribution in [0.3, 0.4) is 0 Å². The Hall–Kier alpha value is -1.06. The van der Waals surface area contributed by atoms with Crippen molar-refractivity contribution in [3.05, 3.63) is 29.3 Å². The molecule has 17 heavy (non-hydrogen) atoms. The van der Waals surface area contributed by atoms with E-state index >= 15 is 0 Å². The zero-order valence-corrected chi connectivity index (χ0v) is 10.6. The molecule has 0 amide bonds. The number of aliphatic hydroxyl groups excluding tert-OH is 1. The standard InChI is InChI=1S/C14H20O3/c1-9-4-5-12(16-3)11(8-9)13(15)14-10(2)6-7-17-14/h4-5,8,10,13-15H,6-7H2,1-3H3. The first-order valence-corrected chi connectivity index (χ1v) is 6.07. The molecule has 1 aromatic rings. The van der Waals surface area contributed by atoms with Gasteiger partial charge in [0.25, 0.3) is 0 Å². The molecule has 1 aliphatic rings. The largest absolute Gasteiger partial charge is 0.496 e. The molecular weight excluding hydrogens is 216 g/mol. The van der Waals surface area contributed by atoms with Crippen molar-refractivity contribution in [2.75, 3.05) is 13.7 Å². The summed E-state index contributed by atoms with van der Waals surface area (Å²) in [5.41, 5.74) is 1.94. The van der Waals surface area contributed by atoms with Crippen molar-refractivity contribution in [1.82, 2.24) is 0 Å². The predicted molar refractivity (Wildman–Crippen MR) is 66.2 cm³/mol. The van der Waals surface area contributed by atoms with Crippen LogP contribution in [0.4, 0.5) is 0 Å². The van der Waals surface area contributed by atoms with Crippen LogP contribution < -0.4 is 4.74 Å². The number of ether oxygens (including phenoxy) is 2. The number of methoxy groups -OCH3 is 1. The number of aliphatic hydroxyl groups is 1. The van der Waals surface area contributed by atoms with Crippen molar-refractivity contribution in [2.45, 2.75) is 32.5 Å². The molecule has 3 heteroatoms. The van der Waals surface area contributed by atoms with Crippen LogP contribution >= 0.6 is 0 Å². The molecule has 0 bridgehead atoms. The highest BCUT2D eigenvalue weighted by Crippen LogP contribution is 2.35. The Kier molecular flexibility index (Phi) is 3.69. The van der Waals surface area contributed by atoms with E-state index in [-0.39, 0.29) is 6.10 Å². The summed E-state index contributed by atoms with van der Waals surface area (Å²) in [5, 5.41) is 10.4. The molecule has 1 saturated heterocycles. The lowest BCUT2D eigenvalue weighted by Crippen LogP contribution is -2.23. The fourth-order valence-corrected chi connectivity index (χ4v) is 2.38. The third-order valence-corrected chi connectivity index (χ3v) is 3.46. The van der Waals surface area contributed by atoms with E-state index in [1.807, 2.05) is 25.1 Å². The van der Waals surface area contributed by atoms with E-state index in [0.29, 0.717) is 5.92 Å². The highest BCUT2D eigenvalue weighted by molar-refractivity contribution is 5.39. The Bertz CT molecular complexity index is 389. The number of aryl methyl sites for hydroxylation is 1. The second-order valence-electron chi connectivity index (χ2n) is 4.79. The van der Waals surface area contributed by atoms with Crippen LogP contribution in [-0.2, 0) is 4.74 Å². The lowest BCUT2D eigenvalue weighted by Gasteiger charge is -2.23. The van der Waals surface area contributed by atoms with Gasteiger partial charge in [-0.3, -0.25) is 0 Å². The molecule has 1 aromatic carbocycles. The van der Waals surface area contributed by atoms with Crippen LogP contribution in [0.25, 0.3) is 0 Å². The minimum absolute atomic E-state index is 0.120. The lowest BCUT2D eigenvalue weighted by molar-refractivity contribution is -0.0187. The first-order chi connectivity index (χ1) is 8.13. The van der Waals surface area contributed by atoms with Crippen molar-refractivity contribution in [3.63, 3.8) is 0 Å². The maximum absolute atomic E-state index is 10.4. The van der Waals surface area contributed by atoms with Gasteiger partial charge in [0.05, 0.1) is 13.2 Å². The summed E-state index contributed by atoms with van der Waals surface area (Å²) in [4.78, 5) is 0. The molecule has 94 valence electrons. The number of rotatable bonds is 3. The smallest absolute Gasteiger partial charge is 0.124 e. The first kappa shape index (κ1) is 12.4. The topological polar surface area (TPSA) is 38.7 Å². The van der Waals surface area contributed by atoms with Gasteiger partial charge in [-0.05, 0) is 31.4 Å². The van der Waals surface area contributed by atoms with Gasteiger partial charge in [-0.25, -0.2) is 0 Å². The van der Waals surface area contributed by atoms with Crippen molar-refractivity contribution in [3.8, 4) is 5.75 Å². The molecule has 2 rings (SSSR count). The molecule has 0 radical (unpaired) electrons. The van der Waals surface area contributed by atoms with E-state index in [0.717, 1.165) is 29.9 Å². The zero-order valence-electron chi connectivity index (χ0n) is 10.6. The molecule has 1 fully saturated rings. The Morgan fingerprint density at radius 2 is 2.24 bits per heavy atom. The molecule has 0 saturated carbocycles. The molecule has 1 N–H and O–H groups in total. The third-order valence-electron chi connectivity index (χ3n) is 3.46. The number of hydrogen-bond donors (Lipinski definition) is 1. The minimum atomic E-state index is -0.609. The molecule has 0 aliphatic carbocycles. The molecule has 3 nitrogen and oxygen atoms in total. The van der Waals surface area contributed by atoms with Crippen LogP contribution in [0.15, 0.2) is 18.2 Å². The summed E-state index contributed by atoms with van der Waals surface area (Å²) in [6.07, 6.45) is 0.281. The van der Waals surface area contributed by atoms with E-state index in [9.17, 15) is 5.11 Å². The van der Waals surface area contributed by atoms with Gasteiger partial charge in [0, 0.05) is 12.2 Å². The fraction of sp³-hybridized carbons (Fsp3) is 0.571. The zero-order chi connectivity index (χ0) is 12.4.